The van der Waals surface area contributed by atoms with E-state index in [-0.39, 0.29) is 24.8 Å². The lowest BCUT2D eigenvalue weighted by molar-refractivity contribution is -0.0269. The standard InChI is InChI=1S/C10H15N3O5.ClH/c11-7-1-2-13(10(17)12-7)3-5-8(15)9(16)6(4-14)18-5;/h1-2,5-6,8-9,14-16H,3-4H2,(H2,11,12,17);1H/t5-,6+,8-,9+;/m0./s1. The molecule has 19 heavy (non-hydrogen) atoms. The summed E-state index contributed by atoms with van der Waals surface area (Å²) in [5.74, 6) is 0.109. The number of rotatable bonds is 3. The molecule has 108 valence electrons. The van der Waals surface area contributed by atoms with Crippen molar-refractivity contribution in [2.45, 2.75) is 31.0 Å². The average Bonchev–Trinajstić information content (AvgIpc) is 2.60. The van der Waals surface area contributed by atoms with Gasteiger partial charge in [-0.1, -0.05) is 0 Å². The second-order valence-corrected chi connectivity index (χ2v) is 4.16. The van der Waals surface area contributed by atoms with Gasteiger partial charge in [0.1, 0.15) is 30.2 Å². The molecule has 2 heterocycles. The Bertz CT molecular complexity index is 482. The van der Waals surface area contributed by atoms with Gasteiger partial charge in [-0.2, -0.15) is 4.98 Å². The highest BCUT2D eigenvalue weighted by molar-refractivity contribution is 5.85. The lowest BCUT2D eigenvalue weighted by Gasteiger charge is -2.15. The fourth-order valence-electron chi connectivity index (χ4n) is 1.90. The fraction of sp³-hybridized carbons (Fsp3) is 0.600. The lowest BCUT2D eigenvalue weighted by atomic mass is 10.1. The molecule has 1 fully saturated rings. The van der Waals surface area contributed by atoms with Gasteiger partial charge in [0.05, 0.1) is 13.2 Å². The van der Waals surface area contributed by atoms with Crippen LogP contribution in [0.3, 0.4) is 0 Å². The molecule has 1 saturated heterocycles. The number of nitrogens with two attached hydrogens (primary N) is 1. The van der Waals surface area contributed by atoms with Gasteiger partial charge in [-0.05, 0) is 6.07 Å². The first kappa shape index (κ1) is 15.9. The highest BCUT2D eigenvalue weighted by atomic mass is 35.5. The molecule has 0 bridgehead atoms. The molecule has 1 aromatic heterocycles. The molecule has 4 atom stereocenters. The normalized spacial score (nSPS) is 30.1. The van der Waals surface area contributed by atoms with E-state index in [0.717, 1.165) is 0 Å². The first-order valence-corrected chi connectivity index (χ1v) is 5.48. The Labute approximate surface area is 114 Å². The Kier molecular flexibility index (Phi) is 5.27. The molecule has 0 aliphatic carbocycles. The van der Waals surface area contributed by atoms with Gasteiger partial charge < -0.3 is 25.8 Å². The van der Waals surface area contributed by atoms with Gasteiger partial charge in [-0.15, -0.1) is 12.4 Å². The molecule has 0 unspecified atom stereocenters. The molecule has 9 heteroatoms. The lowest BCUT2D eigenvalue weighted by Crippen LogP contribution is -2.37. The van der Waals surface area contributed by atoms with E-state index in [0.29, 0.717) is 0 Å². The molecule has 0 radical (unpaired) electrons. The summed E-state index contributed by atoms with van der Waals surface area (Å²) >= 11 is 0. The zero-order valence-electron chi connectivity index (χ0n) is 9.92. The third-order valence-electron chi connectivity index (χ3n) is 2.91. The number of nitrogen functional groups attached to an aromatic ring is 1. The number of aliphatic hydroxyl groups excluding tert-OH is 3. The highest BCUT2D eigenvalue weighted by Gasteiger charge is 2.42. The first-order valence-electron chi connectivity index (χ1n) is 5.48. The maximum atomic E-state index is 11.5. The quantitative estimate of drug-likeness (QED) is 0.494. The van der Waals surface area contributed by atoms with E-state index in [1.54, 1.807) is 0 Å². The van der Waals surface area contributed by atoms with Crippen LogP contribution in [0.4, 0.5) is 5.82 Å². The molecule has 0 saturated carbocycles. The van der Waals surface area contributed by atoms with Crippen LogP contribution >= 0.6 is 12.4 Å². The third-order valence-corrected chi connectivity index (χ3v) is 2.91. The van der Waals surface area contributed by atoms with E-state index in [2.05, 4.69) is 4.98 Å². The van der Waals surface area contributed by atoms with Crippen molar-refractivity contribution in [3.8, 4) is 0 Å². The number of aliphatic hydroxyl groups is 3. The molecule has 0 spiro atoms. The van der Waals surface area contributed by atoms with Crippen molar-refractivity contribution in [2.24, 2.45) is 0 Å². The van der Waals surface area contributed by atoms with Crippen molar-refractivity contribution < 1.29 is 20.1 Å². The molecule has 2 rings (SSSR count). The van der Waals surface area contributed by atoms with Crippen molar-refractivity contribution in [1.82, 2.24) is 9.55 Å². The SMILES string of the molecule is Cl.Nc1ccn(C[C@@H]2O[C@H](CO)[C@@H](O)[C@H]2O)c(=O)n1. The average molecular weight is 294 g/mol. The predicted octanol–water partition coefficient (Wildman–Crippen LogP) is -2.27. The molecule has 1 aliphatic rings. The van der Waals surface area contributed by atoms with E-state index in [1.165, 1.54) is 16.8 Å². The number of halogens is 1. The second kappa shape index (κ2) is 6.31. The summed E-state index contributed by atoms with van der Waals surface area (Å²) in [5.41, 5.74) is 4.79. The molecular formula is C10H16ClN3O5. The van der Waals surface area contributed by atoms with Crippen molar-refractivity contribution in [1.29, 1.82) is 0 Å². The van der Waals surface area contributed by atoms with Crippen molar-refractivity contribution in [3.63, 3.8) is 0 Å². The minimum atomic E-state index is -1.17. The predicted molar refractivity (Wildman–Crippen MR) is 67.9 cm³/mol. The molecule has 1 aromatic rings. The first-order chi connectivity index (χ1) is 8.52. The van der Waals surface area contributed by atoms with E-state index in [4.69, 9.17) is 15.6 Å². The third kappa shape index (κ3) is 3.23. The Hall–Kier alpha value is -1.19. The van der Waals surface area contributed by atoms with Crippen molar-refractivity contribution in [2.75, 3.05) is 12.3 Å². The van der Waals surface area contributed by atoms with Crippen LogP contribution in [0, 0.1) is 0 Å². The van der Waals surface area contributed by atoms with Gasteiger partial charge in [-0.3, -0.25) is 4.57 Å². The zero-order valence-corrected chi connectivity index (χ0v) is 10.7. The van der Waals surface area contributed by atoms with Gasteiger partial charge in [0.25, 0.3) is 0 Å². The Balaban J connectivity index is 0.00000180. The number of nitrogens with zero attached hydrogens (tertiary/aromatic N) is 2. The van der Waals surface area contributed by atoms with Crippen LogP contribution in [0.25, 0.3) is 0 Å². The van der Waals surface area contributed by atoms with E-state index in [9.17, 15) is 15.0 Å². The van der Waals surface area contributed by atoms with Gasteiger partial charge >= 0.3 is 5.69 Å². The van der Waals surface area contributed by atoms with Crippen LogP contribution in [0.1, 0.15) is 0 Å². The maximum Gasteiger partial charge on any atom is 0.349 e. The molecule has 5 N–H and O–H groups in total. The minimum Gasteiger partial charge on any atom is -0.394 e. The zero-order chi connectivity index (χ0) is 13.3. The van der Waals surface area contributed by atoms with Crippen LogP contribution in [0.5, 0.6) is 0 Å². The van der Waals surface area contributed by atoms with E-state index >= 15 is 0 Å². The minimum absolute atomic E-state index is 0. The van der Waals surface area contributed by atoms with E-state index < -0.39 is 36.7 Å². The summed E-state index contributed by atoms with van der Waals surface area (Å²) < 4.78 is 6.47. The Morgan fingerprint density at radius 3 is 2.53 bits per heavy atom. The highest BCUT2D eigenvalue weighted by Crippen LogP contribution is 2.21. The van der Waals surface area contributed by atoms with Gasteiger partial charge in [0.15, 0.2) is 0 Å². The molecule has 0 amide bonds. The Morgan fingerprint density at radius 2 is 2.00 bits per heavy atom. The van der Waals surface area contributed by atoms with Gasteiger partial charge in [0.2, 0.25) is 0 Å². The largest absolute Gasteiger partial charge is 0.394 e. The summed E-state index contributed by atoms with van der Waals surface area (Å²) in [6.45, 7) is -0.371. The number of aromatic nitrogens is 2. The van der Waals surface area contributed by atoms with Crippen LogP contribution in [-0.4, -0.2) is 55.9 Å². The fourth-order valence-corrected chi connectivity index (χ4v) is 1.90. The second-order valence-electron chi connectivity index (χ2n) is 4.16. The number of anilines is 1. The summed E-state index contributed by atoms with van der Waals surface area (Å²) in [6.07, 6.45) is -2.52. The van der Waals surface area contributed by atoms with Gasteiger partial charge in [-0.25, -0.2) is 4.79 Å². The summed E-state index contributed by atoms with van der Waals surface area (Å²) in [5, 5.41) is 28.2. The number of ether oxygens (including phenoxy) is 1. The summed E-state index contributed by atoms with van der Waals surface area (Å²) in [6, 6.07) is 1.45. The van der Waals surface area contributed by atoms with Gasteiger partial charge in [0, 0.05) is 6.20 Å². The van der Waals surface area contributed by atoms with Crippen LogP contribution in [0.2, 0.25) is 0 Å². The van der Waals surface area contributed by atoms with Crippen LogP contribution < -0.4 is 11.4 Å². The molecule has 8 nitrogen and oxygen atoms in total. The van der Waals surface area contributed by atoms with Crippen molar-refractivity contribution >= 4 is 18.2 Å². The van der Waals surface area contributed by atoms with E-state index in [1.807, 2.05) is 0 Å². The summed E-state index contributed by atoms with van der Waals surface area (Å²) in [7, 11) is 0. The Morgan fingerprint density at radius 1 is 1.37 bits per heavy atom. The monoisotopic (exact) mass is 293 g/mol. The number of hydrogen-bond acceptors (Lipinski definition) is 7. The summed E-state index contributed by atoms with van der Waals surface area (Å²) in [4.78, 5) is 15.0. The molecular weight excluding hydrogens is 278 g/mol. The van der Waals surface area contributed by atoms with Crippen LogP contribution in [0.15, 0.2) is 17.1 Å². The van der Waals surface area contributed by atoms with Crippen LogP contribution in [-0.2, 0) is 11.3 Å². The smallest absolute Gasteiger partial charge is 0.349 e. The topological polar surface area (TPSA) is 131 Å². The molecule has 1 aliphatic heterocycles. The number of hydrogen-bond donors (Lipinski definition) is 4. The molecule has 0 aromatic carbocycles. The van der Waals surface area contributed by atoms with Crippen molar-refractivity contribution in [3.05, 3.63) is 22.7 Å². The maximum absolute atomic E-state index is 11.5.